The number of amides is 2. The van der Waals surface area contributed by atoms with Crippen molar-refractivity contribution in [3.05, 3.63) is 0 Å². The van der Waals surface area contributed by atoms with Crippen LogP contribution < -0.4 is 11.1 Å². The van der Waals surface area contributed by atoms with Gasteiger partial charge in [0.2, 0.25) is 0 Å². The highest BCUT2D eigenvalue weighted by molar-refractivity contribution is 5.71. The van der Waals surface area contributed by atoms with Crippen LogP contribution in [0.2, 0.25) is 0 Å². The number of hydrogen-bond acceptors (Lipinski definition) is 2. The lowest BCUT2D eigenvalue weighted by atomic mass is 10.2. The lowest BCUT2D eigenvalue weighted by Gasteiger charge is -2.05. The molecule has 3 N–H and O–H groups in total. The van der Waals surface area contributed by atoms with E-state index in [1.165, 1.54) is 0 Å². The number of hydrogen-bond donors (Lipinski definition) is 2. The van der Waals surface area contributed by atoms with E-state index in [-0.39, 0.29) is 6.42 Å². The van der Waals surface area contributed by atoms with Crippen LogP contribution in [0.1, 0.15) is 19.3 Å². The van der Waals surface area contributed by atoms with Gasteiger partial charge >= 0.3 is 6.03 Å². The van der Waals surface area contributed by atoms with Crippen molar-refractivity contribution in [1.29, 1.82) is 5.26 Å². The Morgan fingerprint density at radius 3 is 2.82 bits per heavy atom. The zero-order valence-corrected chi connectivity index (χ0v) is 6.04. The number of primary amides is 1. The van der Waals surface area contributed by atoms with Crippen molar-refractivity contribution in [2.75, 3.05) is 0 Å². The molecule has 0 saturated carbocycles. The summed E-state index contributed by atoms with van der Waals surface area (Å²) in [6.45, 7) is 0. The van der Waals surface area contributed by atoms with Crippen molar-refractivity contribution in [2.45, 2.75) is 25.5 Å². The van der Waals surface area contributed by atoms with E-state index in [1.807, 2.05) is 11.4 Å². The van der Waals surface area contributed by atoms with E-state index in [2.05, 4.69) is 5.73 Å². The second-order valence-electron chi connectivity index (χ2n) is 2.05. The molecule has 0 fully saturated rings. The van der Waals surface area contributed by atoms with Crippen LogP contribution in [0.5, 0.6) is 0 Å². The lowest BCUT2D eigenvalue weighted by molar-refractivity contribution is 0.0602. The zero-order chi connectivity index (χ0) is 8.69. The molecule has 2 amide bonds. The molecule has 0 spiro atoms. The Bertz CT molecular complexity index is 164. The van der Waals surface area contributed by atoms with Crippen molar-refractivity contribution >= 4 is 6.03 Å². The third-order valence-electron chi connectivity index (χ3n) is 1.06. The Morgan fingerprint density at radius 2 is 2.36 bits per heavy atom. The number of carbonyl (C=O) groups excluding carboxylic acids is 1. The molecule has 0 aliphatic carbocycles. The summed E-state index contributed by atoms with van der Waals surface area (Å²) in [4.78, 5) is 10.1. The van der Waals surface area contributed by atoms with Crippen LogP contribution in [0, 0.1) is 11.3 Å². The molecule has 5 nitrogen and oxygen atoms in total. The molecule has 5 heteroatoms. The molecular weight excluding hydrogens is 146 g/mol. The highest BCUT2D eigenvalue weighted by atomic mass is 16.3. The summed E-state index contributed by atoms with van der Waals surface area (Å²) in [6, 6.07) is 1.08. The topological polar surface area (TPSA) is 98.8 Å². The molecule has 0 bridgehead atoms. The highest BCUT2D eigenvalue weighted by Crippen LogP contribution is 1.97. The smallest absolute Gasteiger partial charge is 0.314 e. The van der Waals surface area contributed by atoms with Gasteiger partial charge in [-0.1, -0.05) is 0 Å². The first-order chi connectivity index (χ1) is 5.16. The minimum Gasteiger partial charge on any atom is -0.352 e. The number of nitrogens with two attached hydrogens (primary N) is 1. The Morgan fingerprint density at radius 1 is 1.73 bits per heavy atom. The first-order valence-electron chi connectivity index (χ1n) is 3.25. The first-order valence-corrected chi connectivity index (χ1v) is 3.25. The molecule has 0 rings (SSSR count). The van der Waals surface area contributed by atoms with E-state index in [0.29, 0.717) is 12.8 Å². The van der Waals surface area contributed by atoms with Gasteiger partial charge in [-0.2, -0.15) is 5.26 Å². The molecule has 1 radical (unpaired) electrons. The normalized spacial score (nSPS) is 11.6. The molecule has 1 unspecified atom stereocenters. The molecule has 0 aliphatic heterocycles. The van der Waals surface area contributed by atoms with Gasteiger partial charge in [0, 0.05) is 6.42 Å². The van der Waals surface area contributed by atoms with E-state index < -0.39 is 12.3 Å². The van der Waals surface area contributed by atoms with Crippen LogP contribution in [0.3, 0.4) is 0 Å². The fourth-order valence-electron chi connectivity index (χ4n) is 0.597. The summed E-state index contributed by atoms with van der Waals surface area (Å²) in [7, 11) is 0. The molecule has 0 aromatic carbocycles. The Labute approximate surface area is 64.8 Å². The second kappa shape index (κ2) is 5.50. The van der Waals surface area contributed by atoms with Crippen molar-refractivity contribution in [1.82, 2.24) is 5.32 Å². The summed E-state index contributed by atoms with van der Waals surface area (Å²) in [6.07, 6.45) is -0.110. The van der Waals surface area contributed by atoms with Gasteiger partial charge in [0.15, 0.2) is 6.23 Å². The first kappa shape index (κ1) is 9.72. The number of carbonyl (C=O) groups is 1. The molecule has 0 saturated heterocycles. The minimum atomic E-state index is -1.18. The largest absolute Gasteiger partial charge is 0.352 e. The number of nitrogens with zero attached hydrogens (tertiary/aromatic N) is 1. The molecule has 11 heavy (non-hydrogen) atoms. The maximum atomic E-state index is 10.7. The van der Waals surface area contributed by atoms with Crippen LogP contribution in [0.4, 0.5) is 4.79 Å². The minimum absolute atomic E-state index is 0.247. The van der Waals surface area contributed by atoms with Crippen molar-refractivity contribution in [2.24, 2.45) is 5.73 Å². The van der Waals surface area contributed by atoms with Gasteiger partial charge in [-0.25, -0.2) is 9.90 Å². The number of unbranched alkanes of at least 4 members (excludes halogenated alkanes) is 1. The van der Waals surface area contributed by atoms with Crippen LogP contribution in [0.15, 0.2) is 0 Å². The van der Waals surface area contributed by atoms with Gasteiger partial charge < -0.3 is 11.1 Å². The van der Waals surface area contributed by atoms with Crippen molar-refractivity contribution < 1.29 is 9.90 Å². The lowest BCUT2D eigenvalue weighted by Crippen LogP contribution is -2.37. The molecule has 0 aromatic rings. The van der Waals surface area contributed by atoms with Gasteiger partial charge in [0.25, 0.3) is 0 Å². The third-order valence-corrected chi connectivity index (χ3v) is 1.06. The summed E-state index contributed by atoms with van der Waals surface area (Å²) in [5.41, 5.74) is 4.68. The molecule has 0 aliphatic rings. The fourth-order valence-corrected chi connectivity index (χ4v) is 0.597. The fraction of sp³-hybridized carbons (Fsp3) is 0.667. The predicted octanol–water partition coefficient (Wildman–Crippen LogP) is 0.105. The summed E-state index contributed by atoms with van der Waals surface area (Å²) < 4.78 is 0. The summed E-state index contributed by atoms with van der Waals surface area (Å²) in [5, 5.41) is 20.8. The zero-order valence-electron chi connectivity index (χ0n) is 6.04. The van der Waals surface area contributed by atoms with Gasteiger partial charge in [-0.05, 0) is 12.8 Å². The van der Waals surface area contributed by atoms with E-state index in [0.717, 1.165) is 0 Å². The standard InChI is InChI=1S/C6H10N3O2/c7-4-2-1-3-5(10)9-6(8)11/h5H,1-3H2,(H3,8,9,11). The second-order valence-corrected chi connectivity index (χ2v) is 2.05. The molecule has 0 heterocycles. The maximum Gasteiger partial charge on any atom is 0.314 e. The average Bonchev–Trinajstić information content (AvgIpc) is 1.86. The van der Waals surface area contributed by atoms with Crippen molar-refractivity contribution in [3.8, 4) is 6.07 Å². The van der Waals surface area contributed by atoms with Crippen LogP contribution in [0.25, 0.3) is 0 Å². The van der Waals surface area contributed by atoms with Crippen molar-refractivity contribution in [3.63, 3.8) is 0 Å². The van der Waals surface area contributed by atoms with Gasteiger partial charge in [-0.15, -0.1) is 0 Å². The quantitative estimate of drug-likeness (QED) is 0.445. The Hall–Kier alpha value is -1.28. The van der Waals surface area contributed by atoms with Crippen LogP contribution >= 0.6 is 0 Å². The summed E-state index contributed by atoms with van der Waals surface area (Å²) in [5.74, 6) is 0. The SMILES string of the molecule is N#CCCCC([O])NC(N)=O. The van der Waals surface area contributed by atoms with Gasteiger partial charge in [0.1, 0.15) is 0 Å². The molecule has 1 atom stereocenters. The molecule has 0 aromatic heterocycles. The van der Waals surface area contributed by atoms with E-state index in [1.54, 1.807) is 0 Å². The predicted molar refractivity (Wildman–Crippen MR) is 36.7 cm³/mol. The van der Waals surface area contributed by atoms with E-state index >= 15 is 0 Å². The Kier molecular flexibility index (Phi) is 4.86. The monoisotopic (exact) mass is 156 g/mol. The average molecular weight is 156 g/mol. The van der Waals surface area contributed by atoms with Gasteiger partial charge in [0.05, 0.1) is 6.07 Å². The number of rotatable bonds is 4. The van der Waals surface area contributed by atoms with E-state index in [9.17, 15) is 9.90 Å². The summed E-state index contributed by atoms with van der Waals surface area (Å²) >= 11 is 0. The Balaban J connectivity index is 3.31. The third kappa shape index (κ3) is 6.61. The van der Waals surface area contributed by atoms with Crippen LogP contribution in [-0.4, -0.2) is 12.3 Å². The van der Waals surface area contributed by atoms with Crippen LogP contribution in [-0.2, 0) is 5.11 Å². The molecular formula is C6H10N3O2. The number of urea groups is 1. The molecule has 61 valence electrons. The van der Waals surface area contributed by atoms with Gasteiger partial charge in [-0.3, -0.25) is 0 Å². The number of nitriles is 1. The van der Waals surface area contributed by atoms with E-state index in [4.69, 9.17) is 5.26 Å². The number of nitrogens with one attached hydrogen (secondary N) is 1. The maximum absolute atomic E-state index is 10.7. The highest BCUT2D eigenvalue weighted by Gasteiger charge is 2.05.